The molecular weight excluding hydrogens is 317 g/mol. The number of halogens is 2. The molecule has 0 bridgehead atoms. The summed E-state index contributed by atoms with van der Waals surface area (Å²) in [5.41, 5.74) is 2.70. The molecule has 1 saturated carbocycles. The van der Waals surface area contributed by atoms with Crippen molar-refractivity contribution in [3.05, 3.63) is 34.1 Å². The maximum Gasteiger partial charge on any atom is 0.329 e. The number of rotatable bonds is 3. The highest BCUT2D eigenvalue weighted by Crippen LogP contribution is 2.18. The second kappa shape index (κ2) is 5.92. The quantitative estimate of drug-likeness (QED) is 0.499. The lowest BCUT2D eigenvalue weighted by molar-refractivity contribution is -0.139. The van der Waals surface area contributed by atoms with Crippen LogP contribution in [0.3, 0.4) is 0 Å². The van der Waals surface area contributed by atoms with E-state index in [1.807, 2.05) is 0 Å². The molecule has 0 radical (unpaired) electrons. The standard InChI is InChI=1S/C12H11BrFN3O2/c13-9-5-7(1-4-10(9)14)6-15-17-12(19)11(18)16-8-2-3-8/h1,4-6,8H,2-3H2,(H,16,18)(H,17,19)/b15-6-. The number of amides is 2. The summed E-state index contributed by atoms with van der Waals surface area (Å²) in [6.07, 6.45) is 3.14. The third-order valence-corrected chi connectivity index (χ3v) is 3.05. The molecular formula is C12H11BrFN3O2. The Balaban J connectivity index is 1.86. The molecule has 0 unspecified atom stereocenters. The molecule has 5 nitrogen and oxygen atoms in total. The van der Waals surface area contributed by atoms with Crippen LogP contribution in [0.4, 0.5) is 4.39 Å². The Labute approximate surface area is 117 Å². The highest BCUT2D eigenvalue weighted by atomic mass is 79.9. The molecule has 1 fully saturated rings. The van der Waals surface area contributed by atoms with Crippen LogP contribution in [-0.4, -0.2) is 24.1 Å². The van der Waals surface area contributed by atoms with Gasteiger partial charge in [0.15, 0.2) is 0 Å². The normalized spacial score (nSPS) is 14.4. The maximum absolute atomic E-state index is 13.0. The van der Waals surface area contributed by atoms with Gasteiger partial charge in [0.25, 0.3) is 0 Å². The van der Waals surface area contributed by atoms with Crippen LogP contribution in [0.1, 0.15) is 18.4 Å². The van der Waals surface area contributed by atoms with Crippen LogP contribution in [0.5, 0.6) is 0 Å². The van der Waals surface area contributed by atoms with Crippen LogP contribution >= 0.6 is 15.9 Å². The van der Waals surface area contributed by atoms with Crippen LogP contribution in [0.2, 0.25) is 0 Å². The van der Waals surface area contributed by atoms with Crippen molar-refractivity contribution in [3.8, 4) is 0 Å². The number of hydrogen-bond donors (Lipinski definition) is 2. The lowest BCUT2D eigenvalue weighted by atomic mass is 10.2. The molecule has 100 valence electrons. The minimum atomic E-state index is -0.815. The van der Waals surface area contributed by atoms with Gasteiger partial charge in [0.1, 0.15) is 5.82 Å². The van der Waals surface area contributed by atoms with Crippen LogP contribution in [0.15, 0.2) is 27.8 Å². The minimum Gasteiger partial charge on any atom is -0.345 e. The molecule has 1 aliphatic carbocycles. The van der Waals surface area contributed by atoms with E-state index in [2.05, 4.69) is 31.8 Å². The van der Waals surface area contributed by atoms with E-state index < -0.39 is 11.8 Å². The van der Waals surface area contributed by atoms with Gasteiger partial charge < -0.3 is 5.32 Å². The summed E-state index contributed by atoms with van der Waals surface area (Å²) < 4.78 is 13.3. The highest BCUT2D eigenvalue weighted by Gasteiger charge is 2.26. The molecule has 2 N–H and O–H groups in total. The molecule has 1 aliphatic rings. The van der Waals surface area contributed by atoms with E-state index in [0.29, 0.717) is 10.0 Å². The van der Waals surface area contributed by atoms with Crippen molar-refractivity contribution >= 4 is 34.0 Å². The molecule has 0 aromatic heterocycles. The van der Waals surface area contributed by atoms with Gasteiger partial charge in [-0.25, -0.2) is 9.82 Å². The fourth-order valence-electron chi connectivity index (χ4n) is 1.29. The lowest BCUT2D eigenvalue weighted by Crippen LogP contribution is -2.38. The van der Waals surface area contributed by atoms with Crippen molar-refractivity contribution in [2.24, 2.45) is 5.10 Å². The van der Waals surface area contributed by atoms with Gasteiger partial charge in [-0.1, -0.05) is 6.07 Å². The molecule has 0 aliphatic heterocycles. The Bertz CT molecular complexity index is 544. The molecule has 0 spiro atoms. The van der Waals surface area contributed by atoms with Crippen LogP contribution in [-0.2, 0) is 9.59 Å². The molecule has 2 amide bonds. The number of nitrogens with zero attached hydrogens (tertiary/aromatic N) is 1. The molecule has 2 rings (SSSR count). The van der Waals surface area contributed by atoms with Gasteiger partial charge in [0.05, 0.1) is 10.7 Å². The zero-order valence-electron chi connectivity index (χ0n) is 9.82. The summed E-state index contributed by atoms with van der Waals surface area (Å²) >= 11 is 3.04. The molecule has 7 heteroatoms. The first-order chi connectivity index (χ1) is 9.06. The van der Waals surface area contributed by atoms with Gasteiger partial charge in [-0.15, -0.1) is 0 Å². The zero-order chi connectivity index (χ0) is 13.8. The first kappa shape index (κ1) is 13.7. The largest absolute Gasteiger partial charge is 0.345 e. The van der Waals surface area contributed by atoms with Crippen molar-refractivity contribution in [2.75, 3.05) is 0 Å². The van der Waals surface area contributed by atoms with E-state index in [1.54, 1.807) is 0 Å². The van der Waals surface area contributed by atoms with E-state index >= 15 is 0 Å². The maximum atomic E-state index is 13.0. The zero-order valence-corrected chi connectivity index (χ0v) is 11.4. The second-order valence-electron chi connectivity index (χ2n) is 4.12. The second-order valence-corrected chi connectivity index (χ2v) is 4.97. The molecule has 1 aromatic rings. The predicted molar refractivity (Wildman–Crippen MR) is 71.0 cm³/mol. The van der Waals surface area contributed by atoms with E-state index in [-0.39, 0.29) is 11.9 Å². The van der Waals surface area contributed by atoms with E-state index in [1.165, 1.54) is 24.4 Å². The van der Waals surface area contributed by atoms with Crippen molar-refractivity contribution in [1.29, 1.82) is 0 Å². The van der Waals surface area contributed by atoms with E-state index in [9.17, 15) is 14.0 Å². The Kier molecular flexibility index (Phi) is 4.26. The van der Waals surface area contributed by atoms with Gasteiger partial charge in [-0.3, -0.25) is 9.59 Å². The predicted octanol–water partition coefficient (Wildman–Crippen LogP) is 1.32. The van der Waals surface area contributed by atoms with E-state index in [4.69, 9.17) is 0 Å². The van der Waals surface area contributed by atoms with Crippen molar-refractivity contribution < 1.29 is 14.0 Å². The fraction of sp³-hybridized carbons (Fsp3) is 0.250. The number of carbonyl (C=O) groups excluding carboxylic acids is 2. The van der Waals surface area contributed by atoms with Gasteiger partial charge in [0.2, 0.25) is 0 Å². The van der Waals surface area contributed by atoms with Gasteiger partial charge in [0, 0.05) is 6.04 Å². The smallest absolute Gasteiger partial charge is 0.329 e. The average molecular weight is 328 g/mol. The fourth-order valence-corrected chi connectivity index (χ4v) is 1.68. The van der Waals surface area contributed by atoms with Crippen LogP contribution in [0, 0.1) is 5.82 Å². The number of nitrogens with one attached hydrogen (secondary N) is 2. The van der Waals surface area contributed by atoms with Gasteiger partial charge in [-0.05, 0) is 46.5 Å². The highest BCUT2D eigenvalue weighted by molar-refractivity contribution is 9.10. The Hall–Kier alpha value is -1.76. The number of benzene rings is 1. The average Bonchev–Trinajstić information content (AvgIpc) is 3.17. The molecule has 1 aromatic carbocycles. The summed E-state index contributed by atoms with van der Waals surface area (Å²) in [6.45, 7) is 0. The number of hydrazone groups is 1. The van der Waals surface area contributed by atoms with Crippen LogP contribution in [0.25, 0.3) is 0 Å². The summed E-state index contributed by atoms with van der Waals surface area (Å²) in [5.74, 6) is -1.89. The van der Waals surface area contributed by atoms with Gasteiger partial charge >= 0.3 is 11.8 Å². The Morgan fingerprint density at radius 3 is 2.74 bits per heavy atom. The third-order valence-electron chi connectivity index (χ3n) is 2.44. The van der Waals surface area contributed by atoms with Crippen LogP contribution < -0.4 is 10.7 Å². The molecule has 0 atom stereocenters. The number of carbonyl (C=O) groups is 2. The lowest BCUT2D eigenvalue weighted by Gasteiger charge is -2.01. The summed E-state index contributed by atoms with van der Waals surface area (Å²) in [5, 5.41) is 6.17. The molecule has 0 saturated heterocycles. The number of hydrogen-bond acceptors (Lipinski definition) is 3. The summed E-state index contributed by atoms with van der Waals surface area (Å²) in [4.78, 5) is 22.6. The summed E-state index contributed by atoms with van der Waals surface area (Å²) in [6, 6.07) is 4.40. The van der Waals surface area contributed by atoms with Gasteiger partial charge in [-0.2, -0.15) is 5.10 Å². The van der Waals surface area contributed by atoms with Crippen molar-refractivity contribution in [3.63, 3.8) is 0 Å². The Morgan fingerprint density at radius 2 is 2.11 bits per heavy atom. The SMILES string of the molecule is O=C(N/N=C\c1ccc(F)c(Br)c1)C(=O)NC1CC1. The molecule has 0 heterocycles. The first-order valence-electron chi connectivity index (χ1n) is 5.65. The third kappa shape index (κ3) is 4.13. The van der Waals surface area contributed by atoms with Crippen molar-refractivity contribution in [1.82, 2.24) is 10.7 Å². The van der Waals surface area contributed by atoms with E-state index in [0.717, 1.165) is 12.8 Å². The first-order valence-corrected chi connectivity index (χ1v) is 6.44. The Morgan fingerprint density at radius 1 is 1.37 bits per heavy atom. The monoisotopic (exact) mass is 327 g/mol. The topological polar surface area (TPSA) is 70.6 Å². The van der Waals surface area contributed by atoms with Crippen molar-refractivity contribution in [2.45, 2.75) is 18.9 Å². The summed E-state index contributed by atoms with van der Waals surface area (Å²) in [7, 11) is 0. The molecule has 19 heavy (non-hydrogen) atoms. The minimum absolute atomic E-state index is 0.121.